The van der Waals surface area contributed by atoms with E-state index in [0.29, 0.717) is 12.3 Å². The van der Waals surface area contributed by atoms with Crippen LogP contribution < -0.4 is 5.73 Å². The van der Waals surface area contributed by atoms with E-state index in [1.807, 2.05) is 6.92 Å². The molecule has 27 heavy (non-hydrogen) atoms. The minimum atomic E-state index is -4.67. The number of nitrogens with two attached hydrogens (primary N) is 1. The van der Waals surface area contributed by atoms with Gasteiger partial charge in [0.2, 0.25) is 11.8 Å². The highest BCUT2D eigenvalue weighted by Gasteiger charge is 2.22. The van der Waals surface area contributed by atoms with E-state index in [1.165, 1.54) is 6.07 Å². The highest BCUT2D eigenvalue weighted by molar-refractivity contribution is 7.86. The van der Waals surface area contributed by atoms with Crippen molar-refractivity contribution in [1.29, 1.82) is 0 Å². The molecule has 0 aliphatic rings. The summed E-state index contributed by atoms with van der Waals surface area (Å²) in [6.45, 7) is 1.97. The van der Waals surface area contributed by atoms with Crippen molar-refractivity contribution in [3.63, 3.8) is 0 Å². The van der Waals surface area contributed by atoms with E-state index < -0.39 is 26.8 Å². The van der Waals surface area contributed by atoms with Crippen molar-refractivity contribution >= 4 is 27.5 Å². The Morgan fingerprint density at radius 2 is 2.07 bits per heavy atom. The number of nitrogens with zero attached hydrogens (tertiary/aromatic N) is 2. The Bertz CT molecular complexity index is 928. The van der Waals surface area contributed by atoms with Gasteiger partial charge >= 0.3 is 0 Å². The number of hydrogen-bond acceptors (Lipinski definition) is 8. The highest BCUT2D eigenvalue weighted by Crippen LogP contribution is 2.31. The second kappa shape index (κ2) is 8.79. The van der Waals surface area contributed by atoms with Crippen LogP contribution in [0.15, 0.2) is 21.4 Å². The quantitative estimate of drug-likeness (QED) is 0.520. The SMILES string of the molecule is CCCc1nnc([C@@H](N)CCC(=O)Cc2cc(Cl)cc(S(=O)(=O)O)c2O)o1. The number of ketones is 1. The number of phenolic OH excluding ortho intramolecular Hbond substituents is 1. The molecule has 1 aromatic carbocycles. The Kier molecular flexibility index (Phi) is 6.93. The fourth-order valence-electron chi connectivity index (χ4n) is 2.43. The average Bonchev–Trinajstić information content (AvgIpc) is 3.03. The van der Waals surface area contributed by atoms with Gasteiger partial charge in [0.1, 0.15) is 16.4 Å². The molecule has 1 aromatic heterocycles. The zero-order valence-electron chi connectivity index (χ0n) is 14.6. The fourth-order valence-corrected chi connectivity index (χ4v) is 3.39. The van der Waals surface area contributed by atoms with Crippen LogP contribution in [0.25, 0.3) is 0 Å². The molecule has 4 N–H and O–H groups in total. The lowest BCUT2D eigenvalue weighted by Gasteiger charge is -2.10. The van der Waals surface area contributed by atoms with Crippen LogP contribution in [0.2, 0.25) is 5.02 Å². The van der Waals surface area contributed by atoms with Gasteiger partial charge in [0.25, 0.3) is 10.1 Å². The van der Waals surface area contributed by atoms with Crippen molar-refractivity contribution in [2.75, 3.05) is 0 Å². The summed E-state index contributed by atoms with van der Waals surface area (Å²) >= 11 is 5.80. The van der Waals surface area contributed by atoms with Crippen LogP contribution in [-0.2, 0) is 27.8 Å². The van der Waals surface area contributed by atoms with Crippen LogP contribution in [-0.4, -0.2) is 34.1 Å². The summed E-state index contributed by atoms with van der Waals surface area (Å²) in [5.41, 5.74) is 5.95. The van der Waals surface area contributed by atoms with Crippen LogP contribution >= 0.6 is 11.6 Å². The molecule has 0 saturated carbocycles. The summed E-state index contributed by atoms with van der Waals surface area (Å²) in [5.74, 6) is -0.292. The lowest BCUT2D eigenvalue weighted by Crippen LogP contribution is -2.14. The highest BCUT2D eigenvalue weighted by atomic mass is 35.5. The molecule has 1 heterocycles. The summed E-state index contributed by atoms with van der Waals surface area (Å²) in [6, 6.07) is 1.55. The largest absolute Gasteiger partial charge is 0.506 e. The number of rotatable bonds is 9. The van der Waals surface area contributed by atoms with Crippen molar-refractivity contribution in [1.82, 2.24) is 10.2 Å². The first-order valence-electron chi connectivity index (χ1n) is 8.20. The molecule has 0 spiro atoms. The maximum Gasteiger partial charge on any atom is 0.298 e. The lowest BCUT2D eigenvalue weighted by molar-refractivity contribution is -0.118. The molecule has 9 nitrogen and oxygen atoms in total. The number of aromatic nitrogens is 2. The second-order valence-electron chi connectivity index (χ2n) is 6.03. The van der Waals surface area contributed by atoms with E-state index in [0.717, 1.165) is 12.5 Å². The smallest absolute Gasteiger partial charge is 0.298 e. The molecular formula is C16H20ClN3O6S. The predicted octanol–water partition coefficient (Wildman–Crippen LogP) is 2.22. The molecule has 0 radical (unpaired) electrons. The van der Waals surface area contributed by atoms with Crippen LogP contribution in [0.1, 0.15) is 49.6 Å². The molecule has 2 aromatic rings. The average molecular weight is 418 g/mol. The van der Waals surface area contributed by atoms with E-state index >= 15 is 0 Å². The first kappa shape index (κ1) is 21.3. The second-order valence-corrected chi connectivity index (χ2v) is 7.86. The van der Waals surface area contributed by atoms with E-state index in [-0.39, 0.29) is 41.5 Å². The third-order valence-corrected chi connectivity index (χ3v) is 4.87. The number of carbonyl (C=O) groups is 1. The van der Waals surface area contributed by atoms with Crippen molar-refractivity contribution in [2.24, 2.45) is 5.73 Å². The number of benzene rings is 1. The van der Waals surface area contributed by atoms with Crippen LogP contribution in [0.5, 0.6) is 5.75 Å². The minimum Gasteiger partial charge on any atom is -0.506 e. The molecule has 0 unspecified atom stereocenters. The van der Waals surface area contributed by atoms with Gasteiger partial charge in [-0.1, -0.05) is 18.5 Å². The third-order valence-electron chi connectivity index (χ3n) is 3.78. The molecular weight excluding hydrogens is 398 g/mol. The van der Waals surface area contributed by atoms with Crippen molar-refractivity contribution in [3.8, 4) is 5.75 Å². The number of Topliss-reactive ketones (excluding diaryl/α,β-unsaturated/α-hetero) is 1. The summed E-state index contributed by atoms with van der Waals surface area (Å²) < 4.78 is 37.1. The van der Waals surface area contributed by atoms with Crippen LogP contribution in [0.4, 0.5) is 0 Å². The van der Waals surface area contributed by atoms with Gasteiger partial charge in [-0.15, -0.1) is 10.2 Å². The number of carbonyl (C=O) groups excluding carboxylic acids is 1. The van der Waals surface area contributed by atoms with Crippen LogP contribution in [0, 0.1) is 0 Å². The number of aromatic hydroxyl groups is 1. The van der Waals surface area contributed by atoms with Crippen molar-refractivity contribution in [3.05, 3.63) is 34.5 Å². The Morgan fingerprint density at radius 1 is 1.37 bits per heavy atom. The molecule has 0 aliphatic heterocycles. The van der Waals surface area contributed by atoms with E-state index in [4.69, 9.17) is 26.3 Å². The Balaban J connectivity index is 2.02. The van der Waals surface area contributed by atoms with Gasteiger partial charge in [-0.3, -0.25) is 9.35 Å². The van der Waals surface area contributed by atoms with Gasteiger partial charge in [-0.05, 0) is 25.0 Å². The fraction of sp³-hybridized carbons (Fsp3) is 0.438. The summed E-state index contributed by atoms with van der Waals surface area (Å²) in [7, 11) is -4.67. The molecule has 0 saturated heterocycles. The molecule has 0 aliphatic carbocycles. The lowest BCUT2D eigenvalue weighted by atomic mass is 10.0. The molecule has 0 bridgehead atoms. The predicted molar refractivity (Wildman–Crippen MR) is 96.1 cm³/mol. The van der Waals surface area contributed by atoms with Crippen molar-refractivity contribution < 1.29 is 27.3 Å². The van der Waals surface area contributed by atoms with Gasteiger partial charge in [0, 0.05) is 29.8 Å². The summed E-state index contributed by atoms with van der Waals surface area (Å²) in [5, 5.41) is 17.7. The van der Waals surface area contributed by atoms with Crippen molar-refractivity contribution in [2.45, 2.75) is 50.0 Å². The first-order chi connectivity index (χ1) is 12.6. The van der Waals surface area contributed by atoms with Crippen LogP contribution in [0.3, 0.4) is 0 Å². The maximum absolute atomic E-state index is 12.2. The van der Waals surface area contributed by atoms with E-state index in [2.05, 4.69) is 10.2 Å². The van der Waals surface area contributed by atoms with E-state index in [9.17, 15) is 18.3 Å². The van der Waals surface area contributed by atoms with Gasteiger partial charge in [0.15, 0.2) is 0 Å². The zero-order chi connectivity index (χ0) is 20.2. The molecule has 148 valence electrons. The summed E-state index contributed by atoms with van der Waals surface area (Å²) in [4.78, 5) is 11.4. The third kappa shape index (κ3) is 5.73. The first-order valence-corrected chi connectivity index (χ1v) is 10.0. The van der Waals surface area contributed by atoms with Gasteiger partial charge < -0.3 is 15.3 Å². The number of phenols is 1. The minimum absolute atomic E-state index is 0.00304. The molecule has 1 atom stereocenters. The normalized spacial score (nSPS) is 12.9. The zero-order valence-corrected chi connectivity index (χ0v) is 16.1. The number of halogens is 1. The van der Waals surface area contributed by atoms with E-state index in [1.54, 1.807) is 0 Å². The molecule has 2 rings (SSSR count). The monoisotopic (exact) mass is 417 g/mol. The maximum atomic E-state index is 12.2. The summed E-state index contributed by atoms with van der Waals surface area (Å²) in [6.07, 6.45) is 1.50. The topological polar surface area (TPSA) is 157 Å². The number of hydrogen-bond donors (Lipinski definition) is 3. The Hall–Kier alpha value is -2.01. The van der Waals surface area contributed by atoms with Gasteiger partial charge in [-0.25, -0.2) is 0 Å². The molecule has 0 fully saturated rings. The Labute approximate surface area is 161 Å². The molecule has 11 heteroatoms. The standard InChI is InChI=1S/C16H20ClN3O6S/c1-2-3-14-19-20-16(26-14)12(18)5-4-11(21)7-9-6-10(17)8-13(15(9)22)27(23,24)25/h6,8,12,22H,2-5,7,18H2,1H3,(H,23,24,25)/t12-/m0/s1. The van der Waals surface area contributed by atoms with Gasteiger partial charge in [0.05, 0.1) is 6.04 Å². The number of aryl methyl sites for hydroxylation is 1. The molecule has 0 amide bonds. The van der Waals surface area contributed by atoms with Gasteiger partial charge in [-0.2, -0.15) is 8.42 Å². The Morgan fingerprint density at radius 3 is 2.70 bits per heavy atom.